The van der Waals surface area contributed by atoms with E-state index in [-0.39, 0.29) is 11.8 Å². The zero-order chi connectivity index (χ0) is 19.4. The molecule has 0 aromatic heterocycles. The van der Waals surface area contributed by atoms with Crippen LogP contribution in [0, 0.1) is 5.82 Å². The summed E-state index contributed by atoms with van der Waals surface area (Å²) in [7, 11) is 3.16. The number of ether oxygens (including phenoxy) is 2. The zero-order valence-corrected chi connectivity index (χ0v) is 15.9. The van der Waals surface area contributed by atoms with E-state index >= 15 is 0 Å². The van der Waals surface area contributed by atoms with Gasteiger partial charge < -0.3 is 24.6 Å². The van der Waals surface area contributed by atoms with Gasteiger partial charge in [0.05, 0.1) is 24.9 Å². The van der Waals surface area contributed by atoms with E-state index in [4.69, 9.17) is 21.1 Å². The summed E-state index contributed by atoms with van der Waals surface area (Å²) in [6.07, 6.45) is 0. The molecular formula is C19H21ClFN3O3. The third-order valence-corrected chi connectivity index (χ3v) is 4.75. The molecule has 1 fully saturated rings. The molecule has 0 saturated carbocycles. The topological polar surface area (TPSA) is 54.0 Å². The van der Waals surface area contributed by atoms with Gasteiger partial charge in [0.15, 0.2) is 0 Å². The lowest BCUT2D eigenvalue weighted by Crippen LogP contribution is -2.50. The number of hydrogen-bond acceptors (Lipinski definition) is 4. The van der Waals surface area contributed by atoms with E-state index in [1.807, 2.05) is 6.07 Å². The number of rotatable bonds is 4. The number of nitrogens with one attached hydrogen (secondary N) is 1. The van der Waals surface area contributed by atoms with Crippen LogP contribution in [0.1, 0.15) is 0 Å². The van der Waals surface area contributed by atoms with Gasteiger partial charge in [0.2, 0.25) is 0 Å². The second-order valence-corrected chi connectivity index (χ2v) is 6.48. The van der Waals surface area contributed by atoms with Crippen molar-refractivity contribution in [2.45, 2.75) is 0 Å². The molecule has 1 heterocycles. The number of methoxy groups -OCH3 is 2. The van der Waals surface area contributed by atoms with Crippen molar-refractivity contribution in [3.8, 4) is 11.5 Å². The van der Waals surface area contributed by atoms with Crippen LogP contribution in [-0.4, -0.2) is 51.3 Å². The predicted octanol–water partition coefficient (Wildman–Crippen LogP) is 3.85. The number of anilines is 2. The minimum Gasteiger partial charge on any atom is -0.495 e. The molecule has 0 bridgehead atoms. The molecule has 0 radical (unpaired) electrons. The summed E-state index contributed by atoms with van der Waals surface area (Å²) in [6.45, 7) is 2.36. The molecule has 27 heavy (non-hydrogen) atoms. The number of nitrogens with zero attached hydrogens (tertiary/aromatic N) is 2. The molecule has 0 unspecified atom stereocenters. The van der Waals surface area contributed by atoms with Crippen molar-refractivity contribution in [1.82, 2.24) is 4.90 Å². The lowest BCUT2D eigenvalue weighted by Gasteiger charge is -2.36. The minimum absolute atomic E-state index is 0.207. The summed E-state index contributed by atoms with van der Waals surface area (Å²) < 4.78 is 23.7. The molecule has 1 N–H and O–H groups in total. The Bertz CT molecular complexity index is 809. The standard InChI is InChI=1S/C19H21ClFN3O3/c1-26-17-12-16(18(27-2)11-15(17)20)23-7-9-24(10-8-23)19(25)22-14-5-3-13(21)4-6-14/h3-6,11-12H,7-10H2,1-2H3,(H,22,25). The largest absolute Gasteiger partial charge is 0.495 e. The average Bonchev–Trinajstić information content (AvgIpc) is 2.69. The molecule has 0 aliphatic carbocycles. The van der Waals surface area contributed by atoms with Crippen molar-refractivity contribution < 1.29 is 18.7 Å². The monoisotopic (exact) mass is 393 g/mol. The fourth-order valence-corrected chi connectivity index (χ4v) is 3.21. The maximum atomic E-state index is 13.0. The molecule has 0 atom stereocenters. The Labute approximate surface area is 162 Å². The van der Waals surface area contributed by atoms with Gasteiger partial charge in [-0.05, 0) is 24.3 Å². The molecule has 1 aliphatic heterocycles. The normalized spacial score (nSPS) is 14.1. The van der Waals surface area contributed by atoms with E-state index < -0.39 is 0 Å². The number of carbonyl (C=O) groups is 1. The first kappa shape index (κ1) is 19.1. The van der Waals surface area contributed by atoms with Crippen molar-refractivity contribution in [2.24, 2.45) is 0 Å². The van der Waals surface area contributed by atoms with Crippen molar-refractivity contribution in [1.29, 1.82) is 0 Å². The van der Waals surface area contributed by atoms with Gasteiger partial charge in [-0.3, -0.25) is 0 Å². The van der Waals surface area contributed by atoms with Gasteiger partial charge in [-0.25, -0.2) is 9.18 Å². The number of halogens is 2. The van der Waals surface area contributed by atoms with E-state index in [2.05, 4.69) is 10.2 Å². The molecule has 2 amide bonds. The van der Waals surface area contributed by atoms with Crippen molar-refractivity contribution >= 4 is 29.0 Å². The lowest BCUT2D eigenvalue weighted by atomic mass is 10.2. The summed E-state index contributed by atoms with van der Waals surface area (Å²) in [6, 6.07) is 9.06. The Morgan fingerprint density at radius 2 is 1.67 bits per heavy atom. The first-order valence-electron chi connectivity index (χ1n) is 8.50. The Hall–Kier alpha value is -2.67. The van der Waals surface area contributed by atoms with Gasteiger partial charge in [0, 0.05) is 44.0 Å². The van der Waals surface area contributed by atoms with E-state index in [1.165, 1.54) is 24.3 Å². The minimum atomic E-state index is -0.339. The lowest BCUT2D eigenvalue weighted by molar-refractivity contribution is 0.208. The molecular weight excluding hydrogens is 373 g/mol. The first-order valence-corrected chi connectivity index (χ1v) is 8.87. The van der Waals surface area contributed by atoms with Crippen molar-refractivity contribution in [3.05, 3.63) is 47.2 Å². The first-order chi connectivity index (χ1) is 13.0. The highest BCUT2D eigenvalue weighted by molar-refractivity contribution is 6.32. The number of benzene rings is 2. The summed E-state index contributed by atoms with van der Waals surface area (Å²) in [5.41, 5.74) is 1.44. The smallest absolute Gasteiger partial charge is 0.321 e. The van der Waals surface area contributed by atoms with Gasteiger partial charge in [0.25, 0.3) is 0 Å². The molecule has 6 nitrogen and oxygen atoms in total. The highest BCUT2D eigenvalue weighted by Gasteiger charge is 2.24. The second kappa shape index (κ2) is 8.35. The zero-order valence-electron chi connectivity index (χ0n) is 15.2. The quantitative estimate of drug-likeness (QED) is 0.857. The summed E-state index contributed by atoms with van der Waals surface area (Å²) in [5, 5.41) is 3.26. The Kier molecular flexibility index (Phi) is 5.91. The fraction of sp³-hybridized carbons (Fsp3) is 0.316. The Morgan fingerprint density at radius 3 is 2.26 bits per heavy atom. The van der Waals surface area contributed by atoms with Crippen LogP contribution in [0.2, 0.25) is 5.02 Å². The van der Waals surface area contributed by atoms with Crippen LogP contribution in [0.5, 0.6) is 11.5 Å². The maximum absolute atomic E-state index is 13.0. The highest BCUT2D eigenvalue weighted by atomic mass is 35.5. The summed E-state index contributed by atoms with van der Waals surface area (Å²) >= 11 is 6.16. The molecule has 2 aromatic rings. The molecule has 2 aromatic carbocycles. The average molecular weight is 394 g/mol. The predicted molar refractivity (Wildman–Crippen MR) is 104 cm³/mol. The van der Waals surface area contributed by atoms with E-state index in [9.17, 15) is 9.18 Å². The van der Waals surface area contributed by atoms with Gasteiger partial charge >= 0.3 is 6.03 Å². The van der Waals surface area contributed by atoms with E-state index in [0.29, 0.717) is 48.4 Å². The molecule has 8 heteroatoms. The van der Waals surface area contributed by atoms with Gasteiger partial charge in [-0.15, -0.1) is 0 Å². The fourth-order valence-electron chi connectivity index (χ4n) is 2.98. The molecule has 1 aliphatic rings. The maximum Gasteiger partial charge on any atom is 0.321 e. The van der Waals surface area contributed by atoms with Crippen LogP contribution in [0.4, 0.5) is 20.6 Å². The Morgan fingerprint density at radius 1 is 1.04 bits per heavy atom. The summed E-state index contributed by atoms with van der Waals surface area (Å²) in [4.78, 5) is 16.3. The number of carbonyl (C=O) groups excluding carboxylic acids is 1. The third-order valence-electron chi connectivity index (χ3n) is 4.46. The van der Waals surface area contributed by atoms with Gasteiger partial charge in [-0.1, -0.05) is 11.6 Å². The second-order valence-electron chi connectivity index (χ2n) is 6.07. The van der Waals surface area contributed by atoms with E-state index in [0.717, 1.165) is 5.69 Å². The van der Waals surface area contributed by atoms with Crippen molar-refractivity contribution in [2.75, 3.05) is 50.6 Å². The van der Waals surface area contributed by atoms with Gasteiger partial charge in [0.1, 0.15) is 17.3 Å². The molecule has 0 spiro atoms. The molecule has 1 saturated heterocycles. The van der Waals surface area contributed by atoms with Crippen LogP contribution in [0.15, 0.2) is 36.4 Å². The van der Waals surface area contributed by atoms with Crippen LogP contribution in [0.25, 0.3) is 0 Å². The van der Waals surface area contributed by atoms with Crippen LogP contribution in [0.3, 0.4) is 0 Å². The summed E-state index contributed by atoms with van der Waals surface area (Å²) in [5.74, 6) is 0.892. The SMILES string of the molecule is COc1cc(N2CCN(C(=O)Nc3ccc(F)cc3)CC2)c(OC)cc1Cl. The Balaban J connectivity index is 1.65. The number of hydrogen-bond donors (Lipinski definition) is 1. The van der Waals surface area contributed by atoms with Crippen LogP contribution < -0.4 is 19.7 Å². The van der Waals surface area contributed by atoms with Crippen LogP contribution in [-0.2, 0) is 0 Å². The third kappa shape index (κ3) is 4.36. The van der Waals surface area contributed by atoms with Gasteiger partial charge in [-0.2, -0.15) is 0 Å². The van der Waals surface area contributed by atoms with Crippen molar-refractivity contribution in [3.63, 3.8) is 0 Å². The molecule has 144 valence electrons. The molecule has 3 rings (SSSR count). The number of piperazine rings is 1. The van der Waals surface area contributed by atoms with Crippen LogP contribution >= 0.6 is 11.6 Å². The number of urea groups is 1. The highest BCUT2D eigenvalue weighted by Crippen LogP contribution is 2.38. The number of amides is 2. The van der Waals surface area contributed by atoms with E-state index in [1.54, 1.807) is 25.2 Å².